The molecular formula is C9H15ClN2OS. The fraction of sp³-hybridized carbons (Fsp3) is 0.778. The molecule has 1 heterocycles. The van der Waals surface area contributed by atoms with E-state index < -0.39 is 0 Å². The summed E-state index contributed by atoms with van der Waals surface area (Å²) in [7, 11) is 0. The molecule has 0 aromatic carbocycles. The van der Waals surface area contributed by atoms with Gasteiger partial charge < -0.3 is 4.74 Å². The first-order valence-electron chi connectivity index (χ1n) is 4.77. The van der Waals surface area contributed by atoms with Crippen LogP contribution < -0.4 is 4.74 Å². The molecule has 0 radical (unpaired) electrons. The van der Waals surface area contributed by atoms with E-state index in [1.165, 1.54) is 24.2 Å². The van der Waals surface area contributed by atoms with Gasteiger partial charge in [0.2, 0.25) is 0 Å². The van der Waals surface area contributed by atoms with Crippen LogP contribution in [0.25, 0.3) is 0 Å². The Hall–Kier alpha value is -0.350. The molecule has 0 saturated carbocycles. The number of halogens is 1. The summed E-state index contributed by atoms with van der Waals surface area (Å²) in [5, 5.41) is 9.19. The van der Waals surface area contributed by atoms with E-state index in [-0.39, 0.29) is 0 Å². The van der Waals surface area contributed by atoms with Crippen molar-refractivity contribution in [3.05, 3.63) is 5.01 Å². The van der Waals surface area contributed by atoms with Gasteiger partial charge in [-0.05, 0) is 12.3 Å². The van der Waals surface area contributed by atoms with Crippen LogP contribution in [0, 0.1) is 5.92 Å². The highest BCUT2D eigenvalue weighted by Crippen LogP contribution is 2.20. The molecule has 1 aromatic rings. The molecule has 80 valence electrons. The molecule has 0 N–H and O–H groups in total. The summed E-state index contributed by atoms with van der Waals surface area (Å²) in [5.74, 6) is 0.981. The standard InChI is InChI=1S/C9H15ClN2OS/c1-3-4-7(2)6-13-9-12-11-8(5-10)14-9/h7H,3-6H2,1-2H3. The summed E-state index contributed by atoms with van der Waals surface area (Å²) in [4.78, 5) is 0. The topological polar surface area (TPSA) is 35.0 Å². The third-order valence-corrected chi connectivity index (χ3v) is 3.08. The quantitative estimate of drug-likeness (QED) is 0.710. The van der Waals surface area contributed by atoms with Crippen molar-refractivity contribution in [2.45, 2.75) is 32.6 Å². The number of ether oxygens (including phenoxy) is 1. The van der Waals surface area contributed by atoms with E-state index >= 15 is 0 Å². The number of rotatable bonds is 6. The molecule has 0 aliphatic carbocycles. The summed E-state index contributed by atoms with van der Waals surface area (Å²) in [6.45, 7) is 5.06. The van der Waals surface area contributed by atoms with Crippen LogP contribution >= 0.6 is 22.9 Å². The predicted molar refractivity (Wildman–Crippen MR) is 59.0 cm³/mol. The first-order chi connectivity index (χ1) is 6.76. The highest BCUT2D eigenvalue weighted by molar-refractivity contribution is 7.13. The minimum Gasteiger partial charge on any atom is -0.469 e. The maximum Gasteiger partial charge on any atom is 0.294 e. The summed E-state index contributed by atoms with van der Waals surface area (Å²) in [6, 6.07) is 0. The van der Waals surface area contributed by atoms with Gasteiger partial charge in [-0.2, -0.15) is 0 Å². The van der Waals surface area contributed by atoms with Crippen molar-refractivity contribution in [3.63, 3.8) is 0 Å². The Morgan fingerprint density at radius 3 is 2.86 bits per heavy atom. The zero-order valence-electron chi connectivity index (χ0n) is 8.49. The Morgan fingerprint density at radius 1 is 1.50 bits per heavy atom. The summed E-state index contributed by atoms with van der Waals surface area (Å²) >= 11 is 7.02. The van der Waals surface area contributed by atoms with E-state index in [9.17, 15) is 0 Å². The molecule has 1 rings (SSSR count). The van der Waals surface area contributed by atoms with Crippen LogP contribution in [0.15, 0.2) is 0 Å². The SMILES string of the molecule is CCCC(C)COc1nnc(CCl)s1. The summed E-state index contributed by atoms with van der Waals surface area (Å²) < 4.78 is 5.49. The Morgan fingerprint density at radius 2 is 2.29 bits per heavy atom. The molecule has 5 heteroatoms. The molecule has 14 heavy (non-hydrogen) atoms. The van der Waals surface area contributed by atoms with Crippen molar-refractivity contribution in [2.24, 2.45) is 5.92 Å². The lowest BCUT2D eigenvalue weighted by molar-refractivity contribution is 0.249. The third-order valence-electron chi connectivity index (χ3n) is 1.84. The van der Waals surface area contributed by atoms with Gasteiger partial charge in [-0.25, -0.2) is 0 Å². The Bertz CT molecular complexity index is 267. The highest BCUT2D eigenvalue weighted by Gasteiger charge is 2.06. The van der Waals surface area contributed by atoms with E-state index in [1.807, 2.05) is 0 Å². The average Bonchev–Trinajstić information content (AvgIpc) is 2.63. The van der Waals surface area contributed by atoms with E-state index in [1.54, 1.807) is 0 Å². The lowest BCUT2D eigenvalue weighted by Gasteiger charge is -2.08. The Kier molecular flexibility index (Phi) is 5.19. The van der Waals surface area contributed by atoms with E-state index in [0.717, 1.165) is 5.01 Å². The molecule has 1 atom stereocenters. The number of hydrogen-bond donors (Lipinski definition) is 0. The number of nitrogens with zero attached hydrogens (tertiary/aromatic N) is 2. The lowest BCUT2D eigenvalue weighted by Crippen LogP contribution is -2.07. The van der Waals surface area contributed by atoms with Crippen LogP contribution in [-0.4, -0.2) is 16.8 Å². The molecular weight excluding hydrogens is 220 g/mol. The van der Waals surface area contributed by atoms with Crippen molar-refractivity contribution in [3.8, 4) is 5.19 Å². The molecule has 0 aliphatic heterocycles. The number of alkyl halides is 1. The minimum absolute atomic E-state index is 0.408. The molecule has 3 nitrogen and oxygen atoms in total. The largest absolute Gasteiger partial charge is 0.469 e. The normalized spacial score (nSPS) is 12.8. The van der Waals surface area contributed by atoms with Gasteiger partial charge in [0, 0.05) is 0 Å². The average molecular weight is 235 g/mol. The molecule has 0 bridgehead atoms. The second kappa shape index (κ2) is 6.19. The summed E-state index contributed by atoms with van der Waals surface area (Å²) in [6.07, 6.45) is 2.37. The van der Waals surface area contributed by atoms with Crippen LogP contribution in [0.5, 0.6) is 5.19 Å². The van der Waals surface area contributed by atoms with Crippen molar-refractivity contribution in [1.82, 2.24) is 10.2 Å². The van der Waals surface area contributed by atoms with E-state index in [2.05, 4.69) is 24.0 Å². The van der Waals surface area contributed by atoms with Gasteiger partial charge >= 0.3 is 0 Å². The second-order valence-electron chi connectivity index (χ2n) is 3.30. The molecule has 1 unspecified atom stereocenters. The Labute approximate surface area is 93.5 Å². The third kappa shape index (κ3) is 3.80. The van der Waals surface area contributed by atoms with E-state index in [4.69, 9.17) is 16.3 Å². The van der Waals surface area contributed by atoms with Gasteiger partial charge in [0.1, 0.15) is 5.01 Å². The van der Waals surface area contributed by atoms with Gasteiger partial charge in [-0.15, -0.1) is 21.8 Å². The molecule has 0 amide bonds. The van der Waals surface area contributed by atoms with Crippen LogP contribution in [0.4, 0.5) is 0 Å². The zero-order chi connectivity index (χ0) is 10.4. The van der Waals surface area contributed by atoms with Crippen LogP contribution in [-0.2, 0) is 5.88 Å². The van der Waals surface area contributed by atoms with E-state index in [0.29, 0.717) is 23.6 Å². The maximum absolute atomic E-state index is 5.61. The molecule has 0 spiro atoms. The van der Waals surface area contributed by atoms with Crippen LogP contribution in [0.1, 0.15) is 31.7 Å². The fourth-order valence-electron chi connectivity index (χ4n) is 1.14. The van der Waals surface area contributed by atoms with Gasteiger partial charge in [0.25, 0.3) is 5.19 Å². The summed E-state index contributed by atoms with van der Waals surface area (Å²) in [5.41, 5.74) is 0. The first-order valence-corrected chi connectivity index (χ1v) is 6.12. The van der Waals surface area contributed by atoms with Crippen molar-refractivity contribution in [1.29, 1.82) is 0 Å². The maximum atomic E-state index is 5.61. The minimum atomic E-state index is 0.408. The van der Waals surface area contributed by atoms with Crippen molar-refractivity contribution < 1.29 is 4.74 Å². The monoisotopic (exact) mass is 234 g/mol. The van der Waals surface area contributed by atoms with Crippen LogP contribution in [0.2, 0.25) is 0 Å². The smallest absolute Gasteiger partial charge is 0.294 e. The molecule has 0 aliphatic rings. The lowest BCUT2D eigenvalue weighted by atomic mass is 10.1. The Balaban J connectivity index is 2.30. The van der Waals surface area contributed by atoms with Crippen LogP contribution in [0.3, 0.4) is 0 Å². The number of aromatic nitrogens is 2. The van der Waals surface area contributed by atoms with Gasteiger partial charge in [-0.1, -0.05) is 31.6 Å². The predicted octanol–water partition coefficient (Wildman–Crippen LogP) is 3.09. The first kappa shape index (κ1) is 11.7. The van der Waals surface area contributed by atoms with Gasteiger partial charge in [0.05, 0.1) is 12.5 Å². The van der Waals surface area contributed by atoms with Crippen molar-refractivity contribution >= 4 is 22.9 Å². The zero-order valence-corrected chi connectivity index (χ0v) is 10.1. The molecule has 0 fully saturated rings. The van der Waals surface area contributed by atoms with Gasteiger partial charge in [0.15, 0.2) is 0 Å². The molecule has 1 aromatic heterocycles. The van der Waals surface area contributed by atoms with Gasteiger partial charge in [-0.3, -0.25) is 0 Å². The second-order valence-corrected chi connectivity index (χ2v) is 4.59. The van der Waals surface area contributed by atoms with Crippen molar-refractivity contribution in [2.75, 3.05) is 6.61 Å². The highest BCUT2D eigenvalue weighted by atomic mass is 35.5. The number of hydrogen-bond acceptors (Lipinski definition) is 4. The fourth-order valence-corrected chi connectivity index (χ4v) is 1.90. The molecule has 0 saturated heterocycles.